The Balaban J connectivity index is 2.53. The van der Waals surface area contributed by atoms with Crippen molar-refractivity contribution >= 4 is 23.4 Å². The molecule has 0 aliphatic heterocycles. The van der Waals surface area contributed by atoms with Crippen LogP contribution < -0.4 is 0 Å². The Hall–Kier alpha value is -0.320. The van der Waals surface area contributed by atoms with Crippen molar-refractivity contribution in [3.05, 3.63) is 17.0 Å². The largest absolute Gasteiger partial charge is 0.309 e. The molecule has 0 aliphatic carbocycles. The minimum atomic E-state index is 0.322. The van der Waals surface area contributed by atoms with Gasteiger partial charge in [-0.15, -0.1) is 11.8 Å². The highest BCUT2D eigenvalue weighted by atomic mass is 35.5. The maximum atomic E-state index is 5.71. The van der Waals surface area contributed by atoms with Crippen molar-refractivity contribution in [1.82, 2.24) is 14.9 Å². The summed E-state index contributed by atoms with van der Waals surface area (Å²) >= 11 is 7.42. The number of hydrogen-bond donors (Lipinski definition) is 0. The summed E-state index contributed by atoms with van der Waals surface area (Å²) in [7, 11) is 4.11. The lowest BCUT2D eigenvalue weighted by Crippen LogP contribution is -2.14. The van der Waals surface area contributed by atoms with E-state index in [0.717, 1.165) is 22.9 Å². The molecule has 0 aliphatic rings. The average Bonchev–Trinajstić information content (AvgIpc) is 2.10. The Morgan fingerprint density at radius 1 is 1.50 bits per heavy atom. The molecular formula is C9H14ClN3S. The van der Waals surface area contributed by atoms with Crippen LogP contribution in [0.2, 0.25) is 5.28 Å². The van der Waals surface area contributed by atoms with Crippen LogP contribution in [0.25, 0.3) is 0 Å². The molecule has 1 aromatic heterocycles. The van der Waals surface area contributed by atoms with Crippen LogP contribution in [0, 0.1) is 6.92 Å². The molecule has 5 heteroatoms. The standard InChI is InChI=1S/C9H14ClN3S/c1-7-6-11-9(10)12-8(7)14-5-4-13(2)3/h6H,4-5H2,1-3H3. The van der Waals surface area contributed by atoms with Crippen LogP contribution >= 0.6 is 23.4 Å². The van der Waals surface area contributed by atoms with Crippen molar-refractivity contribution in [3.63, 3.8) is 0 Å². The molecule has 0 N–H and O–H groups in total. The lowest BCUT2D eigenvalue weighted by Gasteiger charge is -2.09. The molecule has 0 unspecified atom stereocenters. The first-order chi connectivity index (χ1) is 6.59. The van der Waals surface area contributed by atoms with Crippen molar-refractivity contribution in [2.45, 2.75) is 11.9 Å². The van der Waals surface area contributed by atoms with Gasteiger partial charge in [0.1, 0.15) is 5.03 Å². The Bertz CT molecular complexity index is 304. The monoisotopic (exact) mass is 231 g/mol. The summed E-state index contributed by atoms with van der Waals surface area (Å²) in [6.45, 7) is 3.03. The maximum absolute atomic E-state index is 5.71. The second kappa shape index (κ2) is 5.53. The number of rotatable bonds is 4. The first kappa shape index (κ1) is 11.8. The predicted molar refractivity (Wildman–Crippen MR) is 61.1 cm³/mol. The van der Waals surface area contributed by atoms with E-state index in [4.69, 9.17) is 11.6 Å². The van der Waals surface area contributed by atoms with E-state index in [9.17, 15) is 0 Å². The van der Waals surface area contributed by atoms with Gasteiger partial charge < -0.3 is 4.90 Å². The highest BCUT2D eigenvalue weighted by molar-refractivity contribution is 7.99. The molecule has 1 aromatic rings. The van der Waals surface area contributed by atoms with Gasteiger partial charge in [-0.1, -0.05) is 0 Å². The van der Waals surface area contributed by atoms with E-state index in [0.29, 0.717) is 5.28 Å². The fourth-order valence-corrected chi connectivity index (χ4v) is 2.14. The molecule has 1 rings (SSSR count). The molecule has 0 saturated carbocycles. The van der Waals surface area contributed by atoms with Crippen molar-refractivity contribution < 1.29 is 0 Å². The molecule has 0 aromatic carbocycles. The molecule has 3 nitrogen and oxygen atoms in total. The van der Waals surface area contributed by atoms with Crippen molar-refractivity contribution in [1.29, 1.82) is 0 Å². The van der Waals surface area contributed by atoms with Gasteiger partial charge in [0.25, 0.3) is 0 Å². The van der Waals surface area contributed by atoms with E-state index in [-0.39, 0.29) is 0 Å². The van der Waals surface area contributed by atoms with Crippen molar-refractivity contribution in [2.75, 3.05) is 26.4 Å². The van der Waals surface area contributed by atoms with Gasteiger partial charge in [0.15, 0.2) is 0 Å². The minimum absolute atomic E-state index is 0.322. The van der Waals surface area contributed by atoms with Crippen LogP contribution in [-0.4, -0.2) is 41.3 Å². The fourth-order valence-electron chi connectivity index (χ4n) is 0.877. The first-order valence-corrected chi connectivity index (χ1v) is 5.72. The van der Waals surface area contributed by atoms with Gasteiger partial charge in [0.05, 0.1) is 0 Å². The maximum Gasteiger partial charge on any atom is 0.223 e. The fraction of sp³-hybridized carbons (Fsp3) is 0.556. The lowest BCUT2D eigenvalue weighted by atomic mass is 10.4. The Morgan fingerprint density at radius 3 is 2.86 bits per heavy atom. The van der Waals surface area contributed by atoms with Crippen LogP contribution in [0.1, 0.15) is 5.56 Å². The number of hydrogen-bond acceptors (Lipinski definition) is 4. The summed E-state index contributed by atoms with van der Waals surface area (Å²) in [5.41, 5.74) is 1.08. The Labute approximate surface area is 93.9 Å². The summed E-state index contributed by atoms with van der Waals surface area (Å²) in [6, 6.07) is 0. The molecule has 0 spiro atoms. The molecule has 0 radical (unpaired) electrons. The second-order valence-corrected chi connectivity index (χ2v) is 4.70. The SMILES string of the molecule is Cc1cnc(Cl)nc1SCCN(C)C. The van der Waals surface area contributed by atoms with Crippen LogP contribution in [-0.2, 0) is 0 Å². The summed E-state index contributed by atoms with van der Waals surface area (Å²) in [6.07, 6.45) is 1.76. The molecule has 0 atom stereocenters. The van der Waals surface area contributed by atoms with Gasteiger partial charge in [-0.2, -0.15) is 0 Å². The Kier molecular flexibility index (Phi) is 4.65. The number of halogens is 1. The average molecular weight is 232 g/mol. The number of thioether (sulfide) groups is 1. The van der Waals surface area contributed by atoms with Crippen LogP contribution in [0.4, 0.5) is 0 Å². The molecule has 0 bridgehead atoms. The third-order valence-corrected chi connectivity index (χ3v) is 2.93. The summed E-state index contributed by atoms with van der Waals surface area (Å²) < 4.78 is 0. The van der Waals surface area contributed by atoms with Crippen molar-refractivity contribution in [2.24, 2.45) is 0 Å². The second-order valence-electron chi connectivity index (χ2n) is 3.28. The Morgan fingerprint density at radius 2 is 2.21 bits per heavy atom. The minimum Gasteiger partial charge on any atom is -0.309 e. The molecule has 1 heterocycles. The number of nitrogens with zero attached hydrogens (tertiary/aromatic N) is 3. The van der Waals surface area contributed by atoms with E-state index in [1.165, 1.54) is 0 Å². The van der Waals surface area contributed by atoms with Gasteiger partial charge in [-0.25, -0.2) is 9.97 Å². The first-order valence-electron chi connectivity index (χ1n) is 4.36. The molecular weight excluding hydrogens is 218 g/mol. The van der Waals surface area contributed by atoms with Crippen LogP contribution in [0.3, 0.4) is 0 Å². The third-order valence-electron chi connectivity index (χ3n) is 1.67. The van der Waals surface area contributed by atoms with E-state index in [1.54, 1.807) is 18.0 Å². The highest BCUT2D eigenvalue weighted by Crippen LogP contribution is 2.20. The smallest absolute Gasteiger partial charge is 0.223 e. The van der Waals surface area contributed by atoms with Gasteiger partial charge in [0, 0.05) is 18.5 Å². The summed E-state index contributed by atoms with van der Waals surface area (Å²) in [5.74, 6) is 1.02. The van der Waals surface area contributed by atoms with E-state index < -0.39 is 0 Å². The van der Waals surface area contributed by atoms with Gasteiger partial charge >= 0.3 is 0 Å². The normalized spacial score (nSPS) is 10.9. The van der Waals surface area contributed by atoms with Crippen LogP contribution in [0.5, 0.6) is 0 Å². The molecule has 0 fully saturated rings. The van der Waals surface area contributed by atoms with Gasteiger partial charge in [0.2, 0.25) is 5.28 Å². The lowest BCUT2D eigenvalue weighted by molar-refractivity contribution is 0.437. The topological polar surface area (TPSA) is 29.0 Å². The zero-order valence-electron chi connectivity index (χ0n) is 8.62. The van der Waals surface area contributed by atoms with E-state index in [1.807, 2.05) is 6.92 Å². The zero-order valence-corrected chi connectivity index (χ0v) is 10.2. The molecule has 14 heavy (non-hydrogen) atoms. The summed E-state index contributed by atoms with van der Waals surface area (Å²) in [5, 5.41) is 1.30. The van der Waals surface area contributed by atoms with E-state index in [2.05, 4.69) is 29.0 Å². The third kappa shape index (κ3) is 3.82. The van der Waals surface area contributed by atoms with E-state index >= 15 is 0 Å². The van der Waals surface area contributed by atoms with Crippen LogP contribution in [0.15, 0.2) is 11.2 Å². The zero-order chi connectivity index (χ0) is 10.6. The molecule has 78 valence electrons. The predicted octanol–water partition coefficient (Wildman–Crippen LogP) is 2.09. The molecule has 0 amide bonds. The number of aromatic nitrogens is 2. The van der Waals surface area contributed by atoms with Gasteiger partial charge in [-0.3, -0.25) is 0 Å². The molecule has 0 saturated heterocycles. The highest BCUT2D eigenvalue weighted by Gasteiger charge is 2.03. The summed E-state index contributed by atoms with van der Waals surface area (Å²) in [4.78, 5) is 10.2. The number of aryl methyl sites for hydroxylation is 1. The van der Waals surface area contributed by atoms with Crippen molar-refractivity contribution in [3.8, 4) is 0 Å². The van der Waals surface area contributed by atoms with Gasteiger partial charge in [-0.05, 0) is 38.2 Å². The quantitative estimate of drug-likeness (QED) is 0.451.